The summed E-state index contributed by atoms with van der Waals surface area (Å²) in [6, 6.07) is 0. The van der Waals surface area contributed by atoms with Crippen molar-refractivity contribution in [1.29, 1.82) is 0 Å². The molecule has 5 aliphatic rings. The summed E-state index contributed by atoms with van der Waals surface area (Å²) >= 11 is 0. The van der Waals surface area contributed by atoms with Gasteiger partial charge in [0, 0.05) is 83.0 Å². The molecule has 8 heteroatoms. The summed E-state index contributed by atoms with van der Waals surface area (Å²) in [5.74, 6) is 10.3. The quantitative estimate of drug-likeness (QED) is 0.166. The molecule has 5 aliphatic carbocycles. The van der Waals surface area contributed by atoms with Crippen LogP contribution < -0.4 is 0 Å². The zero-order valence-electron chi connectivity index (χ0n) is 57.8. The highest BCUT2D eigenvalue weighted by Gasteiger charge is 2.30. The summed E-state index contributed by atoms with van der Waals surface area (Å²) < 4.78 is 0. The van der Waals surface area contributed by atoms with Crippen LogP contribution >= 0.6 is 0 Å². The van der Waals surface area contributed by atoms with Crippen molar-refractivity contribution in [3.63, 3.8) is 0 Å². The summed E-state index contributed by atoms with van der Waals surface area (Å²) in [4.78, 5) is 86.8. The van der Waals surface area contributed by atoms with Gasteiger partial charge in [0.2, 0.25) is 0 Å². The second-order valence-corrected chi connectivity index (χ2v) is 29.3. The van der Waals surface area contributed by atoms with Gasteiger partial charge in [-0.3, -0.25) is 24.0 Å². The fourth-order valence-electron chi connectivity index (χ4n) is 12.2. The highest BCUT2D eigenvalue weighted by Crippen LogP contribution is 2.36. The minimum Gasteiger partial charge on any atom is -0.303 e. The molecule has 0 aromatic rings. The number of hydrogen-bond acceptors (Lipinski definition) is 8. The third-order valence-electron chi connectivity index (χ3n) is 17.2. The molecule has 5 fully saturated rings. The van der Waals surface area contributed by atoms with Gasteiger partial charge in [0.05, 0.1) is 0 Å². The Bertz CT molecular complexity index is 1660. The van der Waals surface area contributed by atoms with Crippen LogP contribution in [0.4, 0.5) is 0 Å². The first-order chi connectivity index (χ1) is 38.4. The number of hydrogen-bond donors (Lipinski definition) is 0. The molecule has 0 N–H and O–H groups in total. The largest absolute Gasteiger partial charge is 0.303 e. The molecule has 0 aromatic carbocycles. The van der Waals surface area contributed by atoms with Gasteiger partial charge in [-0.25, -0.2) is 0 Å². The molecule has 5 saturated carbocycles. The van der Waals surface area contributed by atoms with Crippen molar-refractivity contribution in [3.8, 4) is 0 Å². The van der Waals surface area contributed by atoms with E-state index in [0.717, 1.165) is 121 Å². The van der Waals surface area contributed by atoms with E-state index < -0.39 is 0 Å². The Morgan fingerprint density at radius 1 is 0.488 bits per heavy atom. The molecular weight excluding hydrogens is 1020 g/mol. The first-order valence-corrected chi connectivity index (χ1v) is 34.4. The lowest BCUT2D eigenvalue weighted by Gasteiger charge is -2.32. The molecule has 82 heavy (non-hydrogen) atoms. The minimum absolute atomic E-state index is 0.273. The Morgan fingerprint density at radius 2 is 0.915 bits per heavy atom. The summed E-state index contributed by atoms with van der Waals surface area (Å²) in [6.07, 6.45) is 38.5. The first-order valence-electron chi connectivity index (χ1n) is 34.4. The number of carbonyl (C=O) groups is 8. The topological polar surface area (TPSA) is 137 Å². The van der Waals surface area contributed by atoms with Crippen LogP contribution in [0, 0.1) is 76.4 Å². The smallest absolute Gasteiger partial charge is 0.136 e. The average Bonchev–Trinajstić information content (AvgIpc) is 3.37. The highest BCUT2D eigenvalue weighted by atomic mass is 16.1. The number of rotatable bonds is 13. The fourth-order valence-corrected chi connectivity index (χ4v) is 12.2. The number of aldehydes is 1. The van der Waals surface area contributed by atoms with Crippen molar-refractivity contribution in [3.05, 3.63) is 0 Å². The number of ketones is 7. The lowest BCUT2D eigenvalue weighted by molar-refractivity contribution is -0.127. The van der Waals surface area contributed by atoms with E-state index in [1.54, 1.807) is 13.8 Å². The number of carbonyl (C=O) groups excluding carboxylic acids is 8. The molecule has 0 heterocycles. The fraction of sp³-hybridized carbons (Fsp3) is 0.892. The van der Waals surface area contributed by atoms with Crippen LogP contribution in [0.25, 0.3) is 0 Å². The monoisotopic (exact) mass is 1160 g/mol. The van der Waals surface area contributed by atoms with Gasteiger partial charge < -0.3 is 14.4 Å². The van der Waals surface area contributed by atoms with Crippen LogP contribution in [-0.4, -0.2) is 46.8 Å². The van der Waals surface area contributed by atoms with E-state index in [4.69, 9.17) is 0 Å². The molecule has 0 bridgehead atoms. The molecule has 0 aliphatic heterocycles. The van der Waals surface area contributed by atoms with Crippen LogP contribution in [0.15, 0.2) is 0 Å². The third kappa shape index (κ3) is 55.2. The van der Waals surface area contributed by atoms with E-state index in [0.29, 0.717) is 106 Å². The van der Waals surface area contributed by atoms with Crippen LogP contribution in [0.3, 0.4) is 0 Å². The molecule has 0 radical (unpaired) electrons. The predicted octanol–water partition coefficient (Wildman–Crippen LogP) is 21.2. The van der Waals surface area contributed by atoms with Gasteiger partial charge in [-0.2, -0.15) is 0 Å². The van der Waals surface area contributed by atoms with E-state index >= 15 is 0 Å². The van der Waals surface area contributed by atoms with Gasteiger partial charge in [-0.1, -0.05) is 214 Å². The highest BCUT2D eigenvalue weighted by molar-refractivity contribution is 5.82. The standard InChI is InChI=1S/C16H30O.C11H22O.C10H18O.C9H16O.C8H14O.C7H12O.C7H14O.C6H12O/c1-15-12-10-8-6-4-2-3-5-7-9-11-13-16(17)14-15;1-9(2)6-5-7-10(3)8-11(4)12;1-7(2)9-5-4-8(3)6-10(9)11;1-7-4-8(10)6-9(2,3)5-7;1-6-3-7(2)5-8(9)4-6;1-6-3-2-4-7(8)5-6;1-4-6(2)5-7(3)8;1-3-6(2)4-5-7/h15H,2-14H2,1H3;9-10H,5-8H2,1-4H3;7-9H,4-6H2,1-3H3;7H,4-6H2,1-3H3;6-7H,3-5H2,1-2H3;6H,2-5H2,1H3;6H,4-5H2,1-3H3;5-6H,3-4H2,1-2H3/t;;;;6-,7-;;;/m....0.../s1. The van der Waals surface area contributed by atoms with Gasteiger partial charge >= 0.3 is 0 Å². The Kier molecular flexibility index (Phi) is 52.6. The molecule has 0 aromatic heterocycles. The maximum atomic E-state index is 11.7. The van der Waals surface area contributed by atoms with E-state index in [1.807, 2.05) is 0 Å². The maximum absolute atomic E-state index is 11.7. The molecule has 5 rings (SSSR count). The van der Waals surface area contributed by atoms with Crippen molar-refractivity contribution < 1.29 is 38.4 Å². The molecule has 8 nitrogen and oxygen atoms in total. The first kappa shape index (κ1) is 83.6. The van der Waals surface area contributed by atoms with Gasteiger partial charge in [-0.05, 0) is 129 Å². The normalized spacial score (nSPS) is 25.4. The number of Topliss-reactive ketones (excluding diaryl/α,β-unsaturated/α-hetero) is 7. The molecule has 0 saturated heterocycles. The summed E-state index contributed by atoms with van der Waals surface area (Å²) in [5, 5.41) is 0. The van der Waals surface area contributed by atoms with Crippen LogP contribution in [0.2, 0.25) is 0 Å². The minimum atomic E-state index is 0.273. The molecule has 0 amide bonds. The maximum Gasteiger partial charge on any atom is 0.136 e. The summed E-state index contributed by atoms with van der Waals surface area (Å²) in [6.45, 7) is 40.1. The third-order valence-corrected chi connectivity index (χ3v) is 17.2. The van der Waals surface area contributed by atoms with Gasteiger partial charge in [0.25, 0.3) is 0 Å². The Balaban J connectivity index is -0.000000884. The van der Waals surface area contributed by atoms with Gasteiger partial charge in [0.1, 0.15) is 46.8 Å². The van der Waals surface area contributed by atoms with E-state index in [9.17, 15) is 38.4 Å². The van der Waals surface area contributed by atoms with Crippen molar-refractivity contribution in [2.45, 2.75) is 350 Å². The molecule has 0 spiro atoms. The van der Waals surface area contributed by atoms with E-state index in [1.165, 1.54) is 109 Å². The van der Waals surface area contributed by atoms with Crippen LogP contribution in [0.1, 0.15) is 350 Å². The van der Waals surface area contributed by atoms with E-state index in [-0.39, 0.29) is 5.41 Å². The zero-order chi connectivity index (χ0) is 63.2. The zero-order valence-corrected chi connectivity index (χ0v) is 57.8. The van der Waals surface area contributed by atoms with Crippen molar-refractivity contribution in [2.24, 2.45) is 76.4 Å². The molecule has 8 unspecified atom stereocenters. The van der Waals surface area contributed by atoms with Crippen LogP contribution in [0.5, 0.6) is 0 Å². The Labute approximate surface area is 509 Å². The predicted molar refractivity (Wildman–Crippen MR) is 350 cm³/mol. The van der Waals surface area contributed by atoms with Crippen molar-refractivity contribution in [2.75, 3.05) is 0 Å². The lowest BCUT2D eigenvalue weighted by Crippen LogP contribution is -2.27. The van der Waals surface area contributed by atoms with Crippen molar-refractivity contribution in [1.82, 2.24) is 0 Å². The molecule has 482 valence electrons. The summed E-state index contributed by atoms with van der Waals surface area (Å²) in [5.41, 5.74) is 0.273. The summed E-state index contributed by atoms with van der Waals surface area (Å²) in [7, 11) is 0. The molecule has 10 atom stereocenters. The van der Waals surface area contributed by atoms with Crippen LogP contribution in [-0.2, 0) is 38.4 Å². The van der Waals surface area contributed by atoms with Gasteiger partial charge in [-0.15, -0.1) is 0 Å². The average molecular weight is 1160 g/mol. The van der Waals surface area contributed by atoms with Crippen molar-refractivity contribution >= 4 is 46.8 Å². The second kappa shape index (κ2) is 51.6. The second-order valence-electron chi connectivity index (χ2n) is 29.3. The van der Waals surface area contributed by atoms with E-state index in [2.05, 4.69) is 118 Å². The molecular formula is C74H138O8. The Morgan fingerprint density at radius 3 is 1.29 bits per heavy atom. The lowest BCUT2D eigenvalue weighted by atomic mass is 9.72. The van der Waals surface area contributed by atoms with Gasteiger partial charge in [0.15, 0.2) is 0 Å². The SMILES string of the molecule is CC(=O)CC(C)CCCC(C)C.CC1CC(=O)CC(C)(C)C1.CC1CCC(C(C)C)C(=O)C1.CC1CCCC(=O)C1.CC1CCCCCCCCCCCCC(=O)C1.CCC(C)CC(C)=O.CCC(C)CC=O.C[C@@H]1CC(=O)C[C@@H](C)C1. The Hall–Kier alpha value is -2.64.